The van der Waals surface area contributed by atoms with Crippen LogP contribution in [0.4, 0.5) is 0 Å². The third kappa shape index (κ3) is 2.10. The number of Topliss-reactive ketones (excluding diaryl/α,β-unsaturated/α-hetero) is 1. The van der Waals surface area contributed by atoms with E-state index in [2.05, 4.69) is 10.2 Å². The van der Waals surface area contributed by atoms with Gasteiger partial charge in [0, 0.05) is 17.5 Å². The zero-order valence-electron chi connectivity index (χ0n) is 8.42. The number of aromatic nitrogens is 2. The number of H-pyrrole nitrogens is 1. The molecule has 0 unspecified atom stereocenters. The zero-order chi connectivity index (χ0) is 11.7. The molecular weight excluding hydrogens is 247 g/mol. The molecular formula is C11H8Cl2N2O. The van der Waals surface area contributed by atoms with Crippen LogP contribution in [0.1, 0.15) is 17.4 Å². The van der Waals surface area contributed by atoms with E-state index in [4.69, 9.17) is 23.2 Å². The molecule has 1 N–H and O–H groups in total. The molecule has 1 heterocycles. The molecule has 0 amide bonds. The van der Waals surface area contributed by atoms with Crippen LogP contribution < -0.4 is 0 Å². The molecule has 2 aromatic rings. The van der Waals surface area contributed by atoms with Crippen LogP contribution in [0, 0.1) is 0 Å². The second kappa shape index (κ2) is 4.28. The minimum absolute atomic E-state index is 0.0659. The molecule has 0 aliphatic rings. The molecule has 1 aromatic heterocycles. The molecule has 1 aromatic carbocycles. The predicted molar refractivity (Wildman–Crippen MR) is 64.0 cm³/mol. The molecule has 82 valence electrons. The highest BCUT2D eigenvalue weighted by Crippen LogP contribution is 2.29. The van der Waals surface area contributed by atoms with E-state index < -0.39 is 0 Å². The molecule has 0 atom stereocenters. The summed E-state index contributed by atoms with van der Waals surface area (Å²) in [5.74, 6) is -0.0659. The number of halogens is 2. The summed E-state index contributed by atoms with van der Waals surface area (Å²) in [5.41, 5.74) is 1.84. The number of benzene rings is 1. The molecule has 0 spiro atoms. The lowest BCUT2D eigenvalue weighted by molar-refractivity contribution is 0.101. The van der Waals surface area contributed by atoms with E-state index in [0.29, 0.717) is 21.4 Å². The van der Waals surface area contributed by atoms with E-state index >= 15 is 0 Å². The number of nitrogens with zero attached hydrogens (tertiary/aromatic N) is 1. The van der Waals surface area contributed by atoms with Crippen LogP contribution in [-0.4, -0.2) is 16.0 Å². The Morgan fingerprint density at radius 2 is 2.06 bits per heavy atom. The first-order valence-corrected chi connectivity index (χ1v) is 5.35. The number of hydrogen-bond donors (Lipinski definition) is 1. The Labute approximate surface area is 102 Å². The van der Waals surface area contributed by atoms with Crippen LogP contribution in [0.2, 0.25) is 10.0 Å². The summed E-state index contributed by atoms with van der Waals surface area (Å²) >= 11 is 11.8. The van der Waals surface area contributed by atoms with Gasteiger partial charge in [0.05, 0.1) is 10.7 Å². The van der Waals surface area contributed by atoms with Gasteiger partial charge in [0.15, 0.2) is 5.78 Å². The molecule has 0 saturated carbocycles. The Morgan fingerprint density at radius 3 is 2.62 bits per heavy atom. The standard InChI is InChI=1S/C11H8Cl2N2O/c1-6(16)10-5-11(15-14-10)8-3-2-7(12)4-9(8)13/h2-5H,1H3,(H,14,15). The zero-order valence-corrected chi connectivity index (χ0v) is 9.93. The minimum atomic E-state index is -0.0659. The van der Waals surface area contributed by atoms with Gasteiger partial charge >= 0.3 is 0 Å². The Balaban J connectivity index is 2.46. The molecule has 0 bridgehead atoms. The van der Waals surface area contributed by atoms with Crippen molar-refractivity contribution in [3.05, 3.63) is 40.0 Å². The number of carbonyl (C=O) groups is 1. The van der Waals surface area contributed by atoms with Crippen LogP contribution in [0.25, 0.3) is 11.3 Å². The van der Waals surface area contributed by atoms with Gasteiger partial charge in [0.1, 0.15) is 5.69 Å². The molecule has 3 nitrogen and oxygen atoms in total. The minimum Gasteiger partial charge on any atom is -0.293 e. The molecule has 0 saturated heterocycles. The number of aromatic amines is 1. The van der Waals surface area contributed by atoms with Crippen molar-refractivity contribution in [1.29, 1.82) is 0 Å². The normalized spacial score (nSPS) is 10.4. The number of hydrogen-bond acceptors (Lipinski definition) is 2. The van der Waals surface area contributed by atoms with E-state index in [9.17, 15) is 4.79 Å². The second-order valence-corrected chi connectivity index (χ2v) is 4.19. The number of ketones is 1. The highest BCUT2D eigenvalue weighted by atomic mass is 35.5. The molecule has 0 aliphatic heterocycles. The van der Waals surface area contributed by atoms with Gasteiger partial charge in [-0.1, -0.05) is 23.2 Å². The van der Waals surface area contributed by atoms with Crippen LogP contribution in [0.15, 0.2) is 24.3 Å². The van der Waals surface area contributed by atoms with Crippen molar-refractivity contribution in [2.75, 3.05) is 0 Å². The highest BCUT2D eigenvalue weighted by Gasteiger charge is 2.10. The molecule has 0 radical (unpaired) electrons. The number of carbonyl (C=O) groups excluding carboxylic acids is 1. The first-order chi connectivity index (χ1) is 7.58. The summed E-state index contributed by atoms with van der Waals surface area (Å²) < 4.78 is 0. The third-order valence-corrected chi connectivity index (χ3v) is 2.71. The number of rotatable bonds is 2. The fraction of sp³-hybridized carbons (Fsp3) is 0.0909. The summed E-state index contributed by atoms with van der Waals surface area (Å²) in [6, 6.07) is 6.80. The predicted octanol–water partition coefficient (Wildman–Crippen LogP) is 3.59. The lowest BCUT2D eigenvalue weighted by Crippen LogP contribution is -1.90. The van der Waals surface area contributed by atoms with Crippen LogP contribution in [0.3, 0.4) is 0 Å². The Kier molecular flexibility index (Phi) is 2.99. The summed E-state index contributed by atoms with van der Waals surface area (Å²) in [6.45, 7) is 1.47. The second-order valence-electron chi connectivity index (χ2n) is 3.35. The van der Waals surface area contributed by atoms with Crippen molar-refractivity contribution < 1.29 is 4.79 Å². The quantitative estimate of drug-likeness (QED) is 0.833. The summed E-state index contributed by atoms with van der Waals surface area (Å²) in [4.78, 5) is 11.1. The van der Waals surface area contributed by atoms with E-state index in [-0.39, 0.29) is 5.78 Å². The number of nitrogens with one attached hydrogen (secondary N) is 1. The highest BCUT2D eigenvalue weighted by molar-refractivity contribution is 6.36. The van der Waals surface area contributed by atoms with Gasteiger partial charge in [-0.05, 0) is 24.3 Å². The van der Waals surface area contributed by atoms with Crippen LogP contribution in [0.5, 0.6) is 0 Å². The van der Waals surface area contributed by atoms with E-state index in [0.717, 1.165) is 5.56 Å². The first-order valence-electron chi connectivity index (χ1n) is 4.59. The largest absolute Gasteiger partial charge is 0.293 e. The summed E-state index contributed by atoms with van der Waals surface area (Å²) in [7, 11) is 0. The maximum absolute atomic E-state index is 11.1. The van der Waals surface area contributed by atoms with Crippen molar-refractivity contribution in [2.24, 2.45) is 0 Å². The molecule has 5 heteroatoms. The van der Waals surface area contributed by atoms with Crippen molar-refractivity contribution in [2.45, 2.75) is 6.92 Å². The summed E-state index contributed by atoms with van der Waals surface area (Å²) in [5, 5.41) is 7.75. The van der Waals surface area contributed by atoms with Gasteiger partial charge in [-0.2, -0.15) is 5.10 Å². The Morgan fingerprint density at radius 1 is 1.31 bits per heavy atom. The van der Waals surface area contributed by atoms with Gasteiger partial charge in [0.2, 0.25) is 0 Å². The molecule has 0 aliphatic carbocycles. The lowest BCUT2D eigenvalue weighted by atomic mass is 10.1. The van der Waals surface area contributed by atoms with Crippen molar-refractivity contribution in [3.8, 4) is 11.3 Å². The van der Waals surface area contributed by atoms with E-state index in [1.807, 2.05) is 0 Å². The summed E-state index contributed by atoms with van der Waals surface area (Å²) in [6.07, 6.45) is 0. The maximum atomic E-state index is 11.1. The average Bonchev–Trinajstić information content (AvgIpc) is 2.66. The molecule has 0 fully saturated rings. The Hall–Kier alpha value is -1.32. The first kappa shape index (κ1) is 11.2. The lowest BCUT2D eigenvalue weighted by Gasteiger charge is -1.99. The van der Waals surface area contributed by atoms with Crippen molar-refractivity contribution >= 4 is 29.0 Å². The van der Waals surface area contributed by atoms with Gasteiger partial charge in [-0.3, -0.25) is 9.89 Å². The third-order valence-electron chi connectivity index (χ3n) is 2.16. The van der Waals surface area contributed by atoms with Gasteiger partial charge < -0.3 is 0 Å². The van der Waals surface area contributed by atoms with Gasteiger partial charge in [-0.15, -0.1) is 0 Å². The van der Waals surface area contributed by atoms with Crippen LogP contribution in [-0.2, 0) is 0 Å². The average molecular weight is 255 g/mol. The topological polar surface area (TPSA) is 45.8 Å². The smallest absolute Gasteiger partial charge is 0.177 e. The molecule has 16 heavy (non-hydrogen) atoms. The van der Waals surface area contributed by atoms with E-state index in [1.165, 1.54) is 6.92 Å². The fourth-order valence-electron chi connectivity index (χ4n) is 1.34. The Bertz CT molecular complexity index is 549. The fourth-order valence-corrected chi connectivity index (χ4v) is 1.84. The SMILES string of the molecule is CC(=O)c1cc(-c2ccc(Cl)cc2Cl)n[nH]1. The van der Waals surface area contributed by atoms with Crippen molar-refractivity contribution in [1.82, 2.24) is 10.2 Å². The maximum Gasteiger partial charge on any atom is 0.177 e. The monoisotopic (exact) mass is 254 g/mol. The molecule has 2 rings (SSSR count). The van der Waals surface area contributed by atoms with Gasteiger partial charge in [0.25, 0.3) is 0 Å². The van der Waals surface area contributed by atoms with Crippen LogP contribution >= 0.6 is 23.2 Å². The van der Waals surface area contributed by atoms with E-state index in [1.54, 1.807) is 24.3 Å². The van der Waals surface area contributed by atoms with Gasteiger partial charge in [-0.25, -0.2) is 0 Å². The van der Waals surface area contributed by atoms with Crippen molar-refractivity contribution in [3.63, 3.8) is 0 Å².